The fourth-order valence-corrected chi connectivity index (χ4v) is 2.46. The van der Waals surface area contributed by atoms with E-state index in [1.807, 2.05) is 0 Å². The highest BCUT2D eigenvalue weighted by atomic mass is 32.2. The van der Waals surface area contributed by atoms with Gasteiger partial charge in [0.2, 0.25) is 0 Å². The second kappa shape index (κ2) is 4.46. The number of hydrogen-bond donors (Lipinski definition) is 1. The summed E-state index contributed by atoms with van der Waals surface area (Å²) in [5.74, 6) is 0.388. The molecule has 90 valence electrons. The molecular weight excluding hydrogens is 244 g/mol. The van der Waals surface area contributed by atoms with Crippen molar-refractivity contribution in [2.24, 2.45) is 0 Å². The van der Waals surface area contributed by atoms with Crippen molar-refractivity contribution < 1.29 is 17.7 Å². The zero-order chi connectivity index (χ0) is 12.3. The van der Waals surface area contributed by atoms with Crippen LogP contribution in [0.1, 0.15) is 0 Å². The van der Waals surface area contributed by atoms with Crippen LogP contribution in [0.2, 0.25) is 0 Å². The van der Waals surface area contributed by atoms with Gasteiger partial charge < -0.3 is 9.26 Å². The van der Waals surface area contributed by atoms with E-state index in [1.54, 1.807) is 18.2 Å². The van der Waals surface area contributed by atoms with Gasteiger partial charge in [-0.05, 0) is 12.1 Å². The lowest BCUT2D eigenvalue weighted by atomic mass is 10.3. The molecule has 0 aliphatic rings. The van der Waals surface area contributed by atoms with Crippen LogP contribution in [-0.4, -0.2) is 20.7 Å². The van der Waals surface area contributed by atoms with Crippen molar-refractivity contribution in [3.05, 3.63) is 36.6 Å². The van der Waals surface area contributed by atoms with Crippen molar-refractivity contribution in [2.75, 3.05) is 11.8 Å². The van der Waals surface area contributed by atoms with Crippen molar-refractivity contribution >= 4 is 15.8 Å². The number of benzene rings is 1. The summed E-state index contributed by atoms with van der Waals surface area (Å²) in [4.78, 5) is 0.0468. The van der Waals surface area contributed by atoms with Crippen LogP contribution in [0.5, 0.6) is 5.75 Å². The van der Waals surface area contributed by atoms with Crippen LogP contribution in [0.4, 0.5) is 5.82 Å². The monoisotopic (exact) mass is 254 g/mol. The van der Waals surface area contributed by atoms with Crippen molar-refractivity contribution in [1.29, 1.82) is 0 Å². The van der Waals surface area contributed by atoms with Gasteiger partial charge >= 0.3 is 0 Å². The lowest BCUT2D eigenvalue weighted by Crippen LogP contribution is -2.14. The molecule has 0 amide bonds. The molecule has 1 aromatic carbocycles. The van der Waals surface area contributed by atoms with E-state index in [1.165, 1.54) is 25.5 Å². The van der Waals surface area contributed by atoms with E-state index in [2.05, 4.69) is 14.4 Å². The van der Waals surface area contributed by atoms with Crippen molar-refractivity contribution in [1.82, 2.24) is 5.16 Å². The zero-order valence-electron chi connectivity index (χ0n) is 8.95. The summed E-state index contributed by atoms with van der Waals surface area (Å²) in [6.45, 7) is 0. The summed E-state index contributed by atoms with van der Waals surface area (Å²) < 4.78 is 35.8. The summed E-state index contributed by atoms with van der Waals surface area (Å²) in [5.41, 5.74) is 0. The van der Waals surface area contributed by atoms with E-state index in [9.17, 15) is 8.42 Å². The minimum atomic E-state index is -3.72. The summed E-state index contributed by atoms with van der Waals surface area (Å²) in [7, 11) is -2.32. The molecule has 2 aromatic rings. The van der Waals surface area contributed by atoms with Crippen molar-refractivity contribution in [3.8, 4) is 5.75 Å². The molecule has 6 nitrogen and oxygen atoms in total. The van der Waals surface area contributed by atoms with Gasteiger partial charge in [0.1, 0.15) is 16.9 Å². The molecule has 0 saturated heterocycles. The summed E-state index contributed by atoms with van der Waals surface area (Å²) in [5, 5.41) is 3.48. The van der Waals surface area contributed by atoms with Gasteiger partial charge in [0, 0.05) is 6.07 Å². The van der Waals surface area contributed by atoms with Gasteiger partial charge in [0.05, 0.1) is 7.11 Å². The molecule has 0 aliphatic carbocycles. The maximum absolute atomic E-state index is 12.0. The molecule has 0 saturated carbocycles. The highest BCUT2D eigenvalue weighted by Gasteiger charge is 2.19. The number of nitrogens with zero attached hydrogens (tertiary/aromatic N) is 1. The third-order valence-corrected chi connectivity index (χ3v) is 3.43. The largest absolute Gasteiger partial charge is 0.495 e. The Morgan fingerprint density at radius 1 is 1.29 bits per heavy atom. The van der Waals surface area contributed by atoms with Crippen LogP contribution in [-0.2, 0) is 10.0 Å². The number of rotatable bonds is 4. The predicted octanol–water partition coefficient (Wildman–Crippen LogP) is 1.48. The summed E-state index contributed by atoms with van der Waals surface area (Å²) in [6.07, 6.45) is 1.28. The molecule has 0 fully saturated rings. The molecule has 0 spiro atoms. The van der Waals surface area contributed by atoms with Crippen LogP contribution in [0.3, 0.4) is 0 Å². The number of sulfonamides is 1. The molecule has 1 N–H and O–H groups in total. The number of nitrogens with one attached hydrogen (secondary N) is 1. The Hall–Kier alpha value is -2.02. The minimum Gasteiger partial charge on any atom is -0.495 e. The van der Waals surface area contributed by atoms with E-state index >= 15 is 0 Å². The first-order valence-corrected chi connectivity index (χ1v) is 6.18. The SMILES string of the molecule is COc1ccccc1S(=O)(=O)Nc1ccon1. The lowest BCUT2D eigenvalue weighted by Gasteiger charge is -2.08. The Labute approximate surface area is 98.2 Å². The first kappa shape index (κ1) is 11.5. The van der Waals surface area contributed by atoms with Gasteiger partial charge in [-0.3, -0.25) is 4.72 Å². The molecular formula is C10H10N2O4S. The van der Waals surface area contributed by atoms with E-state index < -0.39 is 10.0 Å². The number of para-hydroxylation sites is 1. The van der Waals surface area contributed by atoms with Crippen LogP contribution >= 0.6 is 0 Å². The molecule has 1 heterocycles. The average Bonchev–Trinajstić information content (AvgIpc) is 2.81. The first-order chi connectivity index (χ1) is 8.13. The maximum Gasteiger partial charge on any atom is 0.266 e. The molecule has 0 atom stereocenters. The van der Waals surface area contributed by atoms with Crippen LogP contribution < -0.4 is 9.46 Å². The normalized spacial score (nSPS) is 11.1. The van der Waals surface area contributed by atoms with E-state index in [0.717, 1.165) is 0 Å². The molecule has 0 radical (unpaired) electrons. The fourth-order valence-electron chi connectivity index (χ4n) is 1.30. The van der Waals surface area contributed by atoms with Gasteiger partial charge in [-0.1, -0.05) is 17.3 Å². The molecule has 2 rings (SSSR count). The van der Waals surface area contributed by atoms with E-state index in [4.69, 9.17) is 4.74 Å². The van der Waals surface area contributed by atoms with Gasteiger partial charge in [-0.15, -0.1) is 0 Å². The Balaban J connectivity index is 2.38. The fraction of sp³-hybridized carbons (Fsp3) is 0.100. The minimum absolute atomic E-state index is 0.0468. The number of ether oxygens (including phenoxy) is 1. The van der Waals surface area contributed by atoms with Crippen LogP contribution in [0.15, 0.2) is 46.0 Å². The quantitative estimate of drug-likeness (QED) is 0.893. The van der Waals surface area contributed by atoms with Gasteiger partial charge in [0.25, 0.3) is 10.0 Å². The average molecular weight is 254 g/mol. The number of anilines is 1. The Morgan fingerprint density at radius 2 is 2.06 bits per heavy atom. The first-order valence-electron chi connectivity index (χ1n) is 4.70. The van der Waals surface area contributed by atoms with Gasteiger partial charge in [-0.25, -0.2) is 8.42 Å². The topological polar surface area (TPSA) is 81.4 Å². The molecule has 1 aromatic heterocycles. The van der Waals surface area contributed by atoms with Gasteiger partial charge in [-0.2, -0.15) is 0 Å². The second-order valence-electron chi connectivity index (χ2n) is 3.14. The number of aromatic nitrogens is 1. The summed E-state index contributed by atoms with van der Waals surface area (Å²) >= 11 is 0. The Morgan fingerprint density at radius 3 is 2.71 bits per heavy atom. The molecule has 0 aliphatic heterocycles. The number of methoxy groups -OCH3 is 1. The molecule has 0 bridgehead atoms. The van der Waals surface area contributed by atoms with E-state index in [0.29, 0.717) is 0 Å². The maximum atomic E-state index is 12.0. The van der Waals surface area contributed by atoms with Crippen molar-refractivity contribution in [2.45, 2.75) is 4.90 Å². The van der Waals surface area contributed by atoms with E-state index in [-0.39, 0.29) is 16.5 Å². The second-order valence-corrected chi connectivity index (χ2v) is 4.79. The summed E-state index contributed by atoms with van der Waals surface area (Å²) in [6, 6.07) is 7.72. The van der Waals surface area contributed by atoms with Crippen LogP contribution in [0, 0.1) is 0 Å². The molecule has 7 heteroatoms. The van der Waals surface area contributed by atoms with Crippen molar-refractivity contribution in [3.63, 3.8) is 0 Å². The Kier molecular flexibility index (Phi) is 3.01. The van der Waals surface area contributed by atoms with Gasteiger partial charge in [0.15, 0.2) is 5.82 Å². The highest BCUT2D eigenvalue weighted by molar-refractivity contribution is 7.92. The molecule has 17 heavy (non-hydrogen) atoms. The zero-order valence-corrected chi connectivity index (χ0v) is 9.77. The van der Waals surface area contributed by atoms with Crippen LogP contribution in [0.25, 0.3) is 0 Å². The lowest BCUT2D eigenvalue weighted by molar-refractivity contribution is 0.403. The third-order valence-electron chi connectivity index (χ3n) is 2.04. The standard InChI is InChI=1S/C10H10N2O4S/c1-15-8-4-2-3-5-9(8)17(13,14)12-10-6-7-16-11-10/h2-7H,1H3,(H,11,12). The molecule has 0 unspecified atom stereocenters. The predicted molar refractivity (Wildman–Crippen MR) is 60.3 cm³/mol. The smallest absolute Gasteiger partial charge is 0.266 e. The highest BCUT2D eigenvalue weighted by Crippen LogP contribution is 2.24. The number of hydrogen-bond acceptors (Lipinski definition) is 5. The third kappa shape index (κ3) is 2.39. The Bertz CT molecular complexity index is 593.